The second kappa shape index (κ2) is 36.9. The van der Waals surface area contributed by atoms with Gasteiger partial charge in [-0.2, -0.15) is 0 Å². The summed E-state index contributed by atoms with van der Waals surface area (Å²) in [6.45, 7) is 5.29. The summed E-state index contributed by atoms with van der Waals surface area (Å²) in [6, 6.07) is 0. The quantitative estimate of drug-likeness (QED) is 0.0404. The molecule has 262 valence electrons. The van der Waals surface area contributed by atoms with Crippen molar-refractivity contribution in [3.05, 3.63) is 48.6 Å². The zero-order chi connectivity index (χ0) is 32.9. The van der Waals surface area contributed by atoms with Gasteiger partial charge in [-0.25, -0.2) is 0 Å². The van der Waals surface area contributed by atoms with E-state index in [9.17, 15) is 4.79 Å². The molecule has 0 heterocycles. The van der Waals surface area contributed by atoms with Gasteiger partial charge in [0.25, 0.3) is 0 Å². The van der Waals surface area contributed by atoms with E-state index in [4.69, 9.17) is 4.74 Å². The number of unbranched alkanes of at least 4 members (excludes halogenated alkanes) is 18. The molecular formula is C42H77NO2. The smallest absolute Gasteiger partial charge is 0.307 e. The molecule has 0 aromatic heterocycles. The molecule has 0 aromatic rings. The lowest BCUT2D eigenvalue weighted by Crippen LogP contribution is -2.22. The fourth-order valence-electron chi connectivity index (χ4n) is 5.54. The molecule has 0 atom stereocenters. The minimum Gasteiger partial charge on any atom is -0.462 e. The Morgan fingerprint density at radius 1 is 0.511 bits per heavy atom. The van der Waals surface area contributed by atoms with Crippen LogP contribution in [0.5, 0.6) is 0 Å². The summed E-state index contributed by atoms with van der Waals surface area (Å²) in [5.74, 6) is -0.0197. The van der Waals surface area contributed by atoms with E-state index < -0.39 is 0 Å². The van der Waals surface area contributed by atoms with Gasteiger partial charge in [0.2, 0.25) is 0 Å². The van der Waals surface area contributed by atoms with Crippen LogP contribution in [0.2, 0.25) is 0 Å². The zero-order valence-electron chi connectivity index (χ0n) is 30.8. The predicted octanol–water partition coefficient (Wildman–Crippen LogP) is 13.3. The molecule has 0 saturated heterocycles. The van der Waals surface area contributed by atoms with Gasteiger partial charge in [-0.1, -0.05) is 140 Å². The van der Waals surface area contributed by atoms with Crippen LogP contribution in [0.4, 0.5) is 0 Å². The molecule has 0 aliphatic rings. The van der Waals surface area contributed by atoms with Crippen molar-refractivity contribution >= 4 is 5.97 Å². The summed E-state index contributed by atoms with van der Waals surface area (Å²) in [5.41, 5.74) is 0. The number of ether oxygens (including phenoxy) is 1. The molecule has 3 heteroatoms. The van der Waals surface area contributed by atoms with Crippen molar-refractivity contribution in [1.82, 2.24) is 4.90 Å². The summed E-state index contributed by atoms with van der Waals surface area (Å²) >= 11 is 0. The van der Waals surface area contributed by atoms with Crippen LogP contribution >= 0.6 is 0 Å². The van der Waals surface area contributed by atoms with Gasteiger partial charge in [0.15, 0.2) is 0 Å². The van der Waals surface area contributed by atoms with Crippen molar-refractivity contribution in [2.45, 2.75) is 193 Å². The van der Waals surface area contributed by atoms with Gasteiger partial charge in [0.1, 0.15) is 6.10 Å². The number of hydrogen-bond donors (Lipinski definition) is 0. The zero-order valence-corrected chi connectivity index (χ0v) is 30.8. The molecule has 0 N–H and O–H groups in total. The Labute approximate surface area is 282 Å². The summed E-state index contributed by atoms with van der Waals surface area (Å²) in [7, 11) is 4.03. The maximum absolute atomic E-state index is 12.4. The van der Waals surface area contributed by atoms with Crippen LogP contribution in [0.15, 0.2) is 48.6 Å². The van der Waals surface area contributed by atoms with Gasteiger partial charge >= 0.3 is 5.97 Å². The van der Waals surface area contributed by atoms with Crippen molar-refractivity contribution in [1.29, 1.82) is 0 Å². The van der Waals surface area contributed by atoms with E-state index in [2.05, 4.69) is 67.4 Å². The van der Waals surface area contributed by atoms with Crippen molar-refractivity contribution in [3.8, 4) is 0 Å². The minimum atomic E-state index is -0.0197. The monoisotopic (exact) mass is 628 g/mol. The van der Waals surface area contributed by atoms with Gasteiger partial charge in [0.05, 0.1) is 6.42 Å². The van der Waals surface area contributed by atoms with Crippen molar-refractivity contribution in [3.63, 3.8) is 0 Å². The summed E-state index contributed by atoms with van der Waals surface area (Å²) < 4.78 is 5.96. The lowest BCUT2D eigenvalue weighted by molar-refractivity contribution is -0.150. The standard InChI is InChI=1S/C42H77NO2/c1-5-7-9-11-13-15-17-19-21-23-25-27-29-31-33-35-37-41(45-42(44)39-40-43(3)4)38-36-34-32-30-28-26-24-22-20-18-16-14-12-10-8-6-2/h13-16,19-22,41H,5-12,17-18,23-40H2,1-4H3/b15-13-,16-14-,21-19-,22-20-. The van der Waals surface area contributed by atoms with E-state index in [-0.39, 0.29) is 12.1 Å². The summed E-state index contributed by atoms with van der Waals surface area (Å²) in [4.78, 5) is 14.5. The molecule has 45 heavy (non-hydrogen) atoms. The molecule has 0 aromatic carbocycles. The van der Waals surface area contributed by atoms with Crippen molar-refractivity contribution in [2.75, 3.05) is 20.6 Å². The Hall–Kier alpha value is -1.61. The topological polar surface area (TPSA) is 29.5 Å². The average molecular weight is 628 g/mol. The Morgan fingerprint density at radius 2 is 0.867 bits per heavy atom. The van der Waals surface area contributed by atoms with Crippen molar-refractivity contribution < 1.29 is 9.53 Å². The fraction of sp³-hybridized carbons (Fsp3) is 0.786. The van der Waals surface area contributed by atoms with Gasteiger partial charge in [-0.05, 0) is 104 Å². The molecule has 0 amide bonds. The molecule has 0 rings (SSSR count). The first kappa shape index (κ1) is 43.4. The second-order valence-electron chi connectivity index (χ2n) is 13.4. The molecule has 0 aliphatic carbocycles. The Bertz CT molecular complexity index is 672. The maximum atomic E-state index is 12.4. The first-order valence-corrected chi connectivity index (χ1v) is 19.5. The van der Waals surface area contributed by atoms with Crippen molar-refractivity contribution in [2.24, 2.45) is 0 Å². The number of nitrogens with zero attached hydrogens (tertiary/aromatic N) is 1. The van der Waals surface area contributed by atoms with E-state index in [0.717, 1.165) is 32.2 Å². The highest BCUT2D eigenvalue weighted by Crippen LogP contribution is 2.18. The number of esters is 1. The molecule has 0 spiro atoms. The predicted molar refractivity (Wildman–Crippen MR) is 201 cm³/mol. The Balaban J connectivity index is 3.96. The number of rotatable bonds is 34. The highest BCUT2D eigenvalue weighted by atomic mass is 16.5. The molecule has 0 unspecified atom stereocenters. The summed E-state index contributed by atoms with van der Waals surface area (Å²) in [5, 5.41) is 0. The number of hydrogen-bond acceptors (Lipinski definition) is 3. The third-order valence-corrected chi connectivity index (χ3v) is 8.51. The number of carbonyl (C=O) groups excluding carboxylic acids is 1. The van der Waals surface area contributed by atoms with Gasteiger partial charge in [0, 0.05) is 6.54 Å². The van der Waals surface area contributed by atoms with E-state index in [1.165, 1.54) is 141 Å². The van der Waals surface area contributed by atoms with Crippen LogP contribution in [-0.2, 0) is 9.53 Å². The van der Waals surface area contributed by atoms with Crippen LogP contribution in [0.3, 0.4) is 0 Å². The number of allylic oxidation sites excluding steroid dienone is 8. The molecule has 0 aliphatic heterocycles. The van der Waals surface area contributed by atoms with Crippen LogP contribution < -0.4 is 0 Å². The van der Waals surface area contributed by atoms with Crippen LogP contribution in [0, 0.1) is 0 Å². The summed E-state index contributed by atoms with van der Waals surface area (Å²) in [6.07, 6.45) is 51.8. The molecule has 3 nitrogen and oxygen atoms in total. The largest absolute Gasteiger partial charge is 0.462 e. The van der Waals surface area contributed by atoms with E-state index in [1.54, 1.807) is 0 Å². The fourth-order valence-corrected chi connectivity index (χ4v) is 5.54. The van der Waals surface area contributed by atoms with E-state index >= 15 is 0 Å². The highest BCUT2D eigenvalue weighted by Gasteiger charge is 2.14. The van der Waals surface area contributed by atoms with E-state index in [1.807, 2.05) is 14.1 Å². The van der Waals surface area contributed by atoms with Crippen LogP contribution in [0.25, 0.3) is 0 Å². The van der Waals surface area contributed by atoms with Crippen LogP contribution in [0.1, 0.15) is 187 Å². The molecule has 0 saturated carbocycles. The first-order valence-electron chi connectivity index (χ1n) is 19.5. The number of carbonyl (C=O) groups is 1. The van der Waals surface area contributed by atoms with Crippen LogP contribution in [-0.4, -0.2) is 37.6 Å². The Morgan fingerprint density at radius 3 is 1.24 bits per heavy atom. The highest BCUT2D eigenvalue weighted by molar-refractivity contribution is 5.69. The van der Waals surface area contributed by atoms with E-state index in [0.29, 0.717) is 6.42 Å². The SMILES string of the molecule is CCCCC/C=C\C/C=C\CCCCCCCCC(CCCCCCCC/C=C\C/C=C\CCCCC)OC(=O)CCN(C)C. The minimum absolute atomic E-state index is 0.0197. The first-order chi connectivity index (χ1) is 22.1. The van der Waals surface area contributed by atoms with Gasteiger partial charge < -0.3 is 9.64 Å². The average Bonchev–Trinajstić information content (AvgIpc) is 3.03. The second-order valence-corrected chi connectivity index (χ2v) is 13.4. The third-order valence-electron chi connectivity index (χ3n) is 8.51. The lowest BCUT2D eigenvalue weighted by Gasteiger charge is -2.19. The Kier molecular flexibility index (Phi) is 35.5. The maximum Gasteiger partial charge on any atom is 0.307 e. The molecule has 0 fully saturated rings. The molecular weight excluding hydrogens is 550 g/mol. The molecule has 0 radical (unpaired) electrons. The lowest BCUT2D eigenvalue weighted by atomic mass is 10.0. The molecule has 0 bridgehead atoms. The third kappa shape index (κ3) is 36.7. The van der Waals surface area contributed by atoms with Gasteiger partial charge in [-0.15, -0.1) is 0 Å². The van der Waals surface area contributed by atoms with Gasteiger partial charge in [-0.3, -0.25) is 4.79 Å². The normalized spacial score (nSPS) is 12.4.